The second-order valence-electron chi connectivity index (χ2n) is 4.02. The summed E-state index contributed by atoms with van der Waals surface area (Å²) in [4.78, 5) is 16.3. The minimum atomic E-state index is -0.224. The van der Waals surface area contributed by atoms with Crippen molar-refractivity contribution in [2.45, 2.75) is 6.92 Å². The first-order chi connectivity index (χ1) is 9.11. The van der Waals surface area contributed by atoms with Gasteiger partial charge in [0, 0.05) is 17.2 Å². The Morgan fingerprint density at radius 2 is 1.95 bits per heavy atom. The third kappa shape index (κ3) is 3.12. The Hall–Kier alpha value is -1.88. The molecule has 1 aromatic heterocycles. The number of rotatable bonds is 3. The number of benzene rings is 1. The molecule has 2 rings (SSSR count). The SMILES string of the molecule is CNc1cccc(C(=O)Nc2cccc(Br)c2C)n1. The number of anilines is 2. The molecule has 0 atom stereocenters. The molecule has 0 aliphatic heterocycles. The molecule has 98 valence electrons. The van der Waals surface area contributed by atoms with Crippen LogP contribution < -0.4 is 10.6 Å². The standard InChI is InChI=1S/C14H14BrN3O/c1-9-10(15)5-3-6-11(9)18-14(19)12-7-4-8-13(16-2)17-12/h3-8H,1-2H3,(H,16,17)(H,18,19). The molecule has 0 saturated carbocycles. The molecule has 1 heterocycles. The monoisotopic (exact) mass is 319 g/mol. The predicted octanol–water partition coefficient (Wildman–Crippen LogP) is 3.45. The summed E-state index contributed by atoms with van der Waals surface area (Å²) in [5, 5.41) is 5.77. The van der Waals surface area contributed by atoms with Crippen LogP contribution in [0.25, 0.3) is 0 Å². The number of pyridine rings is 1. The van der Waals surface area contributed by atoms with Gasteiger partial charge in [0.15, 0.2) is 0 Å². The fourth-order valence-electron chi connectivity index (χ4n) is 1.63. The van der Waals surface area contributed by atoms with E-state index in [1.165, 1.54) is 0 Å². The van der Waals surface area contributed by atoms with Crippen LogP contribution in [0.5, 0.6) is 0 Å². The highest BCUT2D eigenvalue weighted by Gasteiger charge is 2.10. The molecule has 0 spiro atoms. The van der Waals surface area contributed by atoms with E-state index in [9.17, 15) is 4.79 Å². The van der Waals surface area contributed by atoms with Gasteiger partial charge in [0.1, 0.15) is 11.5 Å². The Bertz CT molecular complexity index is 613. The molecule has 0 fully saturated rings. The fourth-order valence-corrected chi connectivity index (χ4v) is 2.00. The van der Waals surface area contributed by atoms with Gasteiger partial charge in [-0.1, -0.05) is 28.1 Å². The van der Waals surface area contributed by atoms with Gasteiger partial charge < -0.3 is 10.6 Å². The van der Waals surface area contributed by atoms with Crippen LogP contribution in [0.2, 0.25) is 0 Å². The van der Waals surface area contributed by atoms with Crippen LogP contribution in [0.1, 0.15) is 16.1 Å². The van der Waals surface area contributed by atoms with E-state index < -0.39 is 0 Å². The first-order valence-corrected chi connectivity index (χ1v) is 6.62. The summed E-state index contributed by atoms with van der Waals surface area (Å²) in [5.74, 6) is 0.442. The van der Waals surface area contributed by atoms with Crippen LogP contribution in [0, 0.1) is 6.92 Å². The molecule has 0 saturated heterocycles. The molecule has 0 bridgehead atoms. The van der Waals surface area contributed by atoms with Gasteiger partial charge in [-0.2, -0.15) is 0 Å². The van der Waals surface area contributed by atoms with Crippen LogP contribution in [0.15, 0.2) is 40.9 Å². The van der Waals surface area contributed by atoms with Crippen molar-refractivity contribution >= 4 is 33.3 Å². The molecule has 1 aromatic carbocycles. The van der Waals surface area contributed by atoms with Crippen molar-refractivity contribution in [2.24, 2.45) is 0 Å². The van der Waals surface area contributed by atoms with E-state index in [4.69, 9.17) is 0 Å². The largest absolute Gasteiger partial charge is 0.373 e. The molecular weight excluding hydrogens is 306 g/mol. The summed E-state index contributed by atoms with van der Waals surface area (Å²) in [5.41, 5.74) is 2.14. The topological polar surface area (TPSA) is 54.0 Å². The molecule has 19 heavy (non-hydrogen) atoms. The van der Waals surface area contributed by atoms with E-state index in [0.717, 1.165) is 15.7 Å². The zero-order chi connectivity index (χ0) is 13.8. The van der Waals surface area contributed by atoms with Crippen LogP contribution in [0.3, 0.4) is 0 Å². The number of carbonyl (C=O) groups is 1. The van der Waals surface area contributed by atoms with Gasteiger partial charge in [-0.05, 0) is 36.8 Å². The summed E-state index contributed by atoms with van der Waals surface area (Å²) >= 11 is 3.44. The lowest BCUT2D eigenvalue weighted by atomic mass is 10.2. The van der Waals surface area contributed by atoms with Gasteiger partial charge >= 0.3 is 0 Å². The predicted molar refractivity (Wildman–Crippen MR) is 80.6 cm³/mol. The third-order valence-electron chi connectivity index (χ3n) is 2.75. The van der Waals surface area contributed by atoms with E-state index in [0.29, 0.717) is 11.5 Å². The lowest BCUT2D eigenvalue weighted by Gasteiger charge is -2.09. The average molecular weight is 320 g/mol. The Morgan fingerprint density at radius 1 is 1.21 bits per heavy atom. The maximum Gasteiger partial charge on any atom is 0.274 e. The fraction of sp³-hybridized carbons (Fsp3) is 0.143. The maximum absolute atomic E-state index is 12.1. The Labute approximate surface area is 120 Å². The molecule has 0 aliphatic rings. The molecule has 4 nitrogen and oxygen atoms in total. The van der Waals surface area contributed by atoms with Gasteiger partial charge in [-0.3, -0.25) is 4.79 Å². The number of hydrogen-bond acceptors (Lipinski definition) is 3. The van der Waals surface area contributed by atoms with Gasteiger partial charge in [-0.15, -0.1) is 0 Å². The highest BCUT2D eigenvalue weighted by Crippen LogP contribution is 2.23. The second-order valence-corrected chi connectivity index (χ2v) is 4.88. The summed E-state index contributed by atoms with van der Waals surface area (Å²) in [7, 11) is 1.77. The number of nitrogens with zero attached hydrogens (tertiary/aromatic N) is 1. The van der Waals surface area contributed by atoms with Crippen molar-refractivity contribution in [3.8, 4) is 0 Å². The minimum absolute atomic E-state index is 0.224. The summed E-state index contributed by atoms with van der Waals surface area (Å²) < 4.78 is 0.960. The second kappa shape index (κ2) is 5.84. The Kier molecular flexibility index (Phi) is 4.16. The Balaban J connectivity index is 2.23. The van der Waals surface area contributed by atoms with Crippen molar-refractivity contribution in [3.63, 3.8) is 0 Å². The number of carbonyl (C=O) groups excluding carboxylic acids is 1. The zero-order valence-electron chi connectivity index (χ0n) is 10.7. The quantitative estimate of drug-likeness (QED) is 0.911. The van der Waals surface area contributed by atoms with E-state index in [1.807, 2.05) is 25.1 Å². The molecule has 0 radical (unpaired) electrons. The van der Waals surface area contributed by atoms with E-state index in [2.05, 4.69) is 31.5 Å². The zero-order valence-corrected chi connectivity index (χ0v) is 12.3. The number of amides is 1. The maximum atomic E-state index is 12.1. The van der Waals surface area contributed by atoms with E-state index in [1.54, 1.807) is 25.2 Å². The summed E-state index contributed by atoms with van der Waals surface area (Å²) in [6.45, 7) is 1.94. The molecule has 2 aromatic rings. The number of nitrogens with one attached hydrogen (secondary N) is 2. The number of halogens is 1. The van der Waals surface area contributed by atoms with E-state index >= 15 is 0 Å². The molecule has 5 heteroatoms. The summed E-state index contributed by atoms with van der Waals surface area (Å²) in [6, 6.07) is 11.0. The lowest BCUT2D eigenvalue weighted by molar-refractivity contribution is 0.102. The first kappa shape index (κ1) is 13.5. The molecule has 0 unspecified atom stereocenters. The van der Waals surface area contributed by atoms with Crippen LogP contribution in [-0.4, -0.2) is 17.9 Å². The minimum Gasteiger partial charge on any atom is -0.373 e. The van der Waals surface area contributed by atoms with Gasteiger partial charge in [0.2, 0.25) is 0 Å². The van der Waals surface area contributed by atoms with Crippen molar-refractivity contribution in [1.82, 2.24) is 4.98 Å². The highest BCUT2D eigenvalue weighted by atomic mass is 79.9. The smallest absolute Gasteiger partial charge is 0.274 e. The van der Waals surface area contributed by atoms with Crippen molar-refractivity contribution in [1.29, 1.82) is 0 Å². The van der Waals surface area contributed by atoms with E-state index in [-0.39, 0.29) is 5.91 Å². The van der Waals surface area contributed by atoms with Gasteiger partial charge in [0.25, 0.3) is 5.91 Å². The average Bonchev–Trinajstić information content (AvgIpc) is 2.44. The van der Waals surface area contributed by atoms with Gasteiger partial charge in [-0.25, -0.2) is 4.98 Å². The van der Waals surface area contributed by atoms with Crippen molar-refractivity contribution < 1.29 is 4.79 Å². The number of aromatic nitrogens is 1. The molecule has 2 N–H and O–H groups in total. The summed E-state index contributed by atoms with van der Waals surface area (Å²) in [6.07, 6.45) is 0. The molecule has 1 amide bonds. The normalized spacial score (nSPS) is 10.1. The third-order valence-corrected chi connectivity index (χ3v) is 3.61. The van der Waals surface area contributed by atoms with Gasteiger partial charge in [0.05, 0.1) is 0 Å². The lowest BCUT2D eigenvalue weighted by Crippen LogP contribution is -2.15. The first-order valence-electron chi connectivity index (χ1n) is 5.83. The molecular formula is C14H14BrN3O. The molecule has 0 aliphatic carbocycles. The van der Waals surface area contributed by atoms with Crippen LogP contribution in [0.4, 0.5) is 11.5 Å². The van der Waals surface area contributed by atoms with Crippen LogP contribution >= 0.6 is 15.9 Å². The highest BCUT2D eigenvalue weighted by molar-refractivity contribution is 9.10. The van der Waals surface area contributed by atoms with Crippen LogP contribution in [-0.2, 0) is 0 Å². The Morgan fingerprint density at radius 3 is 2.68 bits per heavy atom. The van der Waals surface area contributed by atoms with Crippen molar-refractivity contribution in [3.05, 3.63) is 52.1 Å². The number of hydrogen-bond donors (Lipinski definition) is 2. The van der Waals surface area contributed by atoms with Crippen molar-refractivity contribution in [2.75, 3.05) is 17.7 Å².